The Hall–Kier alpha value is -3.51. The molecule has 0 radical (unpaired) electrons. The Morgan fingerprint density at radius 3 is 2.89 bits per heavy atom. The maximum absolute atomic E-state index is 11.8. The van der Waals surface area contributed by atoms with E-state index in [-0.39, 0.29) is 17.9 Å². The van der Waals surface area contributed by atoms with Gasteiger partial charge in [0.05, 0.1) is 25.5 Å². The monoisotopic (exact) mass is 509 g/mol. The Balaban J connectivity index is 1.43. The summed E-state index contributed by atoms with van der Waals surface area (Å²) in [4.78, 5) is 25.4. The maximum atomic E-state index is 11.8. The van der Waals surface area contributed by atoms with Crippen LogP contribution in [0.4, 0.5) is 5.00 Å². The molecule has 1 atom stereocenters. The Morgan fingerprint density at radius 2 is 2.17 bits per heavy atom. The van der Waals surface area contributed by atoms with Crippen LogP contribution in [-0.4, -0.2) is 87.0 Å². The van der Waals surface area contributed by atoms with Crippen LogP contribution in [0.25, 0.3) is 27.6 Å². The van der Waals surface area contributed by atoms with Gasteiger partial charge in [0.1, 0.15) is 22.0 Å². The number of aromatic amines is 1. The molecule has 12 heteroatoms. The summed E-state index contributed by atoms with van der Waals surface area (Å²) in [5.74, 6) is 0.912. The third-order valence-electron chi connectivity index (χ3n) is 6.57. The lowest BCUT2D eigenvalue weighted by Crippen LogP contribution is -2.53. The number of amides is 1. The molecule has 36 heavy (non-hydrogen) atoms. The van der Waals surface area contributed by atoms with E-state index in [1.54, 1.807) is 30.0 Å². The van der Waals surface area contributed by atoms with Crippen LogP contribution in [0.1, 0.15) is 32.3 Å². The van der Waals surface area contributed by atoms with Gasteiger partial charge in [0.15, 0.2) is 11.4 Å². The zero-order valence-electron chi connectivity index (χ0n) is 21.1. The van der Waals surface area contributed by atoms with E-state index in [0.29, 0.717) is 17.9 Å². The van der Waals surface area contributed by atoms with Gasteiger partial charge in [-0.2, -0.15) is 10.2 Å². The first-order chi connectivity index (χ1) is 17.4. The van der Waals surface area contributed by atoms with Crippen molar-refractivity contribution in [2.75, 3.05) is 45.2 Å². The quantitative estimate of drug-likeness (QED) is 0.391. The smallest absolute Gasteiger partial charge is 0.233 e. The van der Waals surface area contributed by atoms with Crippen molar-refractivity contribution in [3.8, 4) is 27.7 Å². The van der Waals surface area contributed by atoms with Gasteiger partial charge < -0.3 is 15.0 Å². The zero-order valence-corrected chi connectivity index (χ0v) is 22.0. The van der Waals surface area contributed by atoms with Crippen LogP contribution in [-0.2, 0) is 4.79 Å². The molecule has 1 amide bonds. The lowest BCUT2D eigenvalue weighted by atomic mass is 9.97. The minimum Gasteiger partial charge on any atom is -0.493 e. The summed E-state index contributed by atoms with van der Waals surface area (Å²) in [7, 11) is 3.31. The normalized spacial score (nSPS) is 16.7. The summed E-state index contributed by atoms with van der Waals surface area (Å²) < 4.78 is 7.27. The summed E-state index contributed by atoms with van der Waals surface area (Å²) in [5, 5.41) is 16.9. The van der Waals surface area contributed by atoms with Crippen molar-refractivity contribution < 1.29 is 9.53 Å². The van der Waals surface area contributed by atoms with Crippen LogP contribution in [0.5, 0.6) is 5.75 Å². The Kier molecular flexibility index (Phi) is 6.63. The summed E-state index contributed by atoms with van der Waals surface area (Å²) >= 11 is 1.65. The summed E-state index contributed by atoms with van der Waals surface area (Å²) in [6.45, 7) is 9.45. The van der Waals surface area contributed by atoms with Gasteiger partial charge in [-0.25, -0.2) is 14.5 Å². The van der Waals surface area contributed by atoms with Crippen molar-refractivity contribution in [2.45, 2.75) is 32.7 Å². The minimum absolute atomic E-state index is 0.0480. The van der Waals surface area contributed by atoms with Crippen LogP contribution in [0.3, 0.4) is 0 Å². The second kappa shape index (κ2) is 9.86. The zero-order chi connectivity index (χ0) is 25.4. The molecule has 5 heterocycles. The Morgan fingerprint density at radius 1 is 1.33 bits per heavy atom. The fourth-order valence-electron chi connectivity index (χ4n) is 4.77. The molecule has 5 rings (SSSR count). The SMILES string of the molecule is CNC(=O)CN1CCN(c2cnc(-c3n[nH]c(-c4cc(OC)c5ncnn5c4)c3C(C)C)s2)C(C)C1. The molecule has 1 saturated heterocycles. The molecule has 0 aliphatic carbocycles. The minimum atomic E-state index is 0.0480. The maximum Gasteiger partial charge on any atom is 0.233 e. The average molecular weight is 510 g/mol. The van der Waals surface area contributed by atoms with Crippen LogP contribution in [0.2, 0.25) is 0 Å². The van der Waals surface area contributed by atoms with E-state index in [4.69, 9.17) is 14.8 Å². The van der Waals surface area contributed by atoms with E-state index in [1.807, 2.05) is 18.5 Å². The number of piperazine rings is 1. The highest BCUT2D eigenvalue weighted by molar-refractivity contribution is 7.18. The first-order valence-electron chi connectivity index (χ1n) is 12.0. The molecule has 4 aromatic rings. The molecule has 190 valence electrons. The van der Waals surface area contributed by atoms with Crippen LogP contribution in [0.15, 0.2) is 24.8 Å². The van der Waals surface area contributed by atoms with Gasteiger partial charge in [-0.15, -0.1) is 0 Å². The average Bonchev–Trinajstić information content (AvgIpc) is 3.62. The number of methoxy groups -OCH3 is 1. The molecule has 1 fully saturated rings. The number of anilines is 1. The van der Waals surface area contributed by atoms with Crippen LogP contribution >= 0.6 is 11.3 Å². The van der Waals surface area contributed by atoms with E-state index in [2.05, 4.69) is 51.1 Å². The predicted molar refractivity (Wildman–Crippen MR) is 140 cm³/mol. The van der Waals surface area contributed by atoms with Crippen molar-refractivity contribution >= 4 is 27.9 Å². The molecule has 11 nitrogen and oxygen atoms in total. The standard InChI is InChI=1S/C24H31N9O2S/c1-14(2)20-21(16-8-17(35-5)23-27-13-28-33(23)11-16)29-30-22(20)24-26-9-19(36-24)32-7-6-31(10-15(32)3)12-18(34)25-4/h8-9,11,13-15H,6-7,10,12H2,1-5H3,(H,25,34)(H,29,30). The van der Waals surface area contributed by atoms with Gasteiger partial charge in [0.25, 0.3) is 0 Å². The van der Waals surface area contributed by atoms with E-state index >= 15 is 0 Å². The first-order valence-corrected chi connectivity index (χ1v) is 12.8. The van der Waals surface area contributed by atoms with E-state index in [0.717, 1.165) is 52.2 Å². The van der Waals surface area contributed by atoms with Gasteiger partial charge in [-0.05, 0) is 18.9 Å². The lowest BCUT2D eigenvalue weighted by molar-refractivity contribution is -0.121. The number of rotatable bonds is 7. The predicted octanol–water partition coefficient (Wildman–Crippen LogP) is 2.63. The first kappa shape index (κ1) is 24.2. The van der Waals surface area contributed by atoms with E-state index in [9.17, 15) is 4.79 Å². The number of H-pyrrole nitrogens is 1. The summed E-state index contributed by atoms with van der Waals surface area (Å²) in [6, 6.07) is 2.23. The highest BCUT2D eigenvalue weighted by Crippen LogP contribution is 2.40. The number of ether oxygens (including phenoxy) is 1. The van der Waals surface area contributed by atoms with Crippen molar-refractivity contribution in [2.24, 2.45) is 0 Å². The highest BCUT2D eigenvalue weighted by Gasteiger charge is 2.28. The number of aromatic nitrogens is 6. The van der Waals surface area contributed by atoms with Gasteiger partial charge in [0, 0.05) is 50.0 Å². The Labute approximate surface area is 213 Å². The number of hydrogen-bond acceptors (Lipinski definition) is 9. The molecule has 0 bridgehead atoms. The van der Waals surface area contributed by atoms with Crippen molar-refractivity contribution in [1.29, 1.82) is 0 Å². The molecule has 1 unspecified atom stereocenters. The van der Waals surface area contributed by atoms with E-state index in [1.165, 1.54) is 6.33 Å². The number of hydrogen-bond donors (Lipinski definition) is 2. The van der Waals surface area contributed by atoms with Gasteiger partial charge in [-0.1, -0.05) is 25.2 Å². The second-order valence-corrected chi connectivity index (χ2v) is 10.3. The number of carbonyl (C=O) groups is 1. The lowest BCUT2D eigenvalue weighted by Gasteiger charge is -2.39. The molecule has 1 aliphatic heterocycles. The number of likely N-dealkylation sites (N-methyl/N-ethyl adjacent to an activating group) is 1. The highest BCUT2D eigenvalue weighted by atomic mass is 32.1. The molecule has 4 aromatic heterocycles. The third kappa shape index (κ3) is 4.42. The number of nitrogens with one attached hydrogen (secondary N) is 2. The fraction of sp³-hybridized carbons (Fsp3) is 0.458. The molecule has 0 spiro atoms. The number of thiazole rings is 1. The number of fused-ring (bicyclic) bond motifs is 1. The summed E-state index contributed by atoms with van der Waals surface area (Å²) in [5.41, 5.74) is 4.47. The number of nitrogens with zero attached hydrogens (tertiary/aromatic N) is 7. The van der Waals surface area contributed by atoms with Crippen molar-refractivity contribution in [3.05, 3.63) is 30.4 Å². The fourth-order valence-corrected chi connectivity index (χ4v) is 5.82. The largest absolute Gasteiger partial charge is 0.493 e. The Bertz CT molecular complexity index is 1380. The third-order valence-corrected chi connectivity index (χ3v) is 7.61. The molecule has 2 N–H and O–H groups in total. The molecular weight excluding hydrogens is 478 g/mol. The number of pyridine rings is 1. The van der Waals surface area contributed by atoms with Gasteiger partial charge in [-0.3, -0.25) is 14.8 Å². The molecule has 0 aromatic carbocycles. The van der Waals surface area contributed by atoms with Crippen LogP contribution in [0, 0.1) is 0 Å². The second-order valence-electron chi connectivity index (χ2n) is 9.30. The molecular formula is C24H31N9O2S. The number of carbonyl (C=O) groups excluding carboxylic acids is 1. The topological polar surface area (TPSA) is 117 Å². The van der Waals surface area contributed by atoms with E-state index < -0.39 is 0 Å². The summed E-state index contributed by atoms with van der Waals surface area (Å²) in [6.07, 6.45) is 5.38. The molecule has 0 saturated carbocycles. The van der Waals surface area contributed by atoms with Gasteiger partial charge >= 0.3 is 0 Å². The van der Waals surface area contributed by atoms with Gasteiger partial charge in [0.2, 0.25) is 5.91 Å². The van der Waals surface area contributed by atoms with Crippen LogP contribution < -0.4 is 15.0 Å². The van der Waals surface area contributed by atoms with Crippen molar-refractivity contribution in [3.63, 3.8) is 0 Å². The van der Waals surface area contributed by atoms with Crippen molar-refractivity contribution in [1.82, 2.24) is 40.0 Å². The molecule has 1 aliphatic rings.